The van der Waals surface area contributed by atoms with E-state index in [1.165, 1.54) is 20.2 Å². The van der Waals surface area contributed by atoms with E-state index < -0.39 is 16.8 Å². The maximum atomic E-state index is 12.2. The second-order valence-electron chi connectivity index (χ2n) is 4.58. The van der Waals surface area contributed by atoms with Crippen LogP contribution in [0.2, 0.25) is 0 Å². The first-order chi connectivity index (χ1) is 10.4. The second kappa shape index (κ2) is 5.72. The maximum Gasteiger partial charge on any atom is 0.354 e. The molecule has 2 rings (SSSR count). The molecule has 0 saturated carbocycles. The Balaban J connectivity index is 2.25. The fourth-order valence-corrected chi connectivity index (χ4v) is 2.03. The van der Waals surface area contributed by atoms with E-state index in [1.54, 1.807) is 6.92 Å². The van der Waals surface area contributed by atoms with Crippen molar-refractivity contribution in [3.63, 3.8) is 0 Å². The van der Waals surface area contributed by atoms with Crippen molar-refractivity contribution in [2.75, 3.05) is 12.4 Å². The Morgan fingerprint density at radius 3 is 2.36 bits per heavy atom. The smallest absolute Gasteiger partial charge is 0.354 e. The summed E-state index contributed by atoms with van der Waals surface area (Å²) in [5.74, 6) is -1.09. The molecule has 2 aromatic heterocycles. The molecule has 9 nitrogen and oxygen atoms in total. The highest BCUT2D eigenvalue weighted by molar-refractivity contribution is 6.05. The Hall–Kier alpha value is -3.10. The molecule has 0 bridgehead atoms. The van der Waals surface area contributed by atoms with Crippen LogP contribution in [-0.4, -0.2) is 33.9 Å². The van der Waals surface area contributed by atoms with Crippen LogP contribution in [0.5, 0.6) is 0 Å². The standard InChI is InChI=1S/C13H14N4O5/c1-6-8(4-14-11(6)13(19)22-3)16-12(18)10-7(2)9(5-15-10)17(20)21/h4-5,14-15H,1-3H3,(H,16,18). The van der Waals surface area contributed by atoms with Crippen molar-refractivity contribution < 1.29 is 19.2 Å². The zero-order valence-electron chi connectivity index (χ0n) is 12.1. The van der Waals surface area contributed by atoms with Gasteiger partial charge in [0, 0.05) is 11.8 Å². The van der Waals surface area contributed by atoms with Crippen molar-refractivity contribution in [3.05, 3.63) is 45.0 Å². The van der Waals surface area contributed by atoms with E-state index in [2.05, 4.69) is 20.0 Å². The minimum absolute atomic E-state index is 0.0897. The lowest BCUT2D eigenvalue weighted by Crippen LogP contribution is -2.14. The van der Waals surface area contributed by atoms with Gasteiger partial charge in [-0.3, -0.25) is 14.9 Å². The van der Waals surface area contributed by atoms with Crippen molar-refractivity contribution in [2.45, 2.75) is 13.8 Å². The molecule has 0 unspecified atom stereocenters. The van der Waals surface area contributed by atoms with E-state index in [0.29, 0.717) is 11.3 Å². The number of anilines is 1. The fraction of sp³-hybridized carbons (Fsp3) is 0.231. The van der Waals surface area contributed by atoms with Gasteiger partial charge in [0.1, 0.15) is 11.4 Å². The van der Waals surface area contributed by atoms with E-state index in [9.17, 15) is 19.7 Å². The summed E-state index contributed by atoms with van der Waals surface area (Å²) in [4.78, 5) is 39.2. The van der Waals surface area contributed by atoms with Crippen LogP contribution in [0.25, 0.3) is 0 Å². The molecule has 1 amide bonds. The molecule has 22 heavy (non-hydrogen) atoms. The summed E-state index contributed by atoms with van der Waals surface area (Å²) >= 11 is 0. The molecule has 0 aromatic carbocycles. The number of rotatable bonds is 4. The van der Waals surface area contributed by atoms with Gasteiger partial charge in [0.15, 0.2) is 0 Å². The van der Waals surface area contributed by atoms with Crippen molar-refractivity contribution in [2.24, 2.45) is 0 Å². The van der Waals surface area contributed by atoms with Crippen LogP contribution >= 0.6 is 0 Å². The Labute approximate surface area is 124 Å². The van der Waals surface area contributed by atoms with E-state index in [0.717, 1.165) is 6.20 Å². The van der Waals surface area contributed by atoms with Gasteiger partial charge in [-0.25, -0.2) is 4.79 Å². The van der Waals surface area contributed by atoms with E-state index in [1.807, 2.05) is 0 Å². The molecule has 0 radical (unpaired) electrons. The van der Waals surface area contributed by atoms with Crippen LogP contribution in [0.1, 0.15) is 32.1 Å². The molecule has 2 aromatic rings. The topological polar surface area (TPSA) is 130 Å². The number of nitrogens with zero attached hydrogens (tertiary/aromatic N) is 1. The lowest BCUT2D eigenvalue weighted by atomic mass is 10.2. The van der Waals surface area contributed by atoms with Gasteiger partial charge in [0.05, 0.1) is 29.5 Å². The molecule has 0 spiro atoms. The van der Waals surface area contributed by atoms with Gasteiger partial charge >= 0.3 is 5.97 Å². The van der Waals surface area contributed by atoms with Crippen LogP contribution in [0.4, 0.5) is 11.4 Å². The third-order valence-electron chi connectivity index (χ3n) is 3.31. The average Bonchev–Trinajstić information content (AvgIpc) is 3.02. The SMILES string of the molecule is COC(=O)c1[nH]cc(NC(=O)c2[nH]cc([N+](=O)[O-])c2C)c1C. The highest BCUT2D eigenvalue weighted by Gasteiger charge is 2.22. The number of H-pyrrole nitrogens is 2. The number of ether oxygens (including phenoxy) is 1. The van der Waals surface area contributed by atoms with Crippen LogP contribution < -0.4 is 5.32 Å². The molecule has 0 fully saturated rings. The normalized spacial score (nSPS) is 10.3. The number of aromatic amines is 2. The summed E-state index contributed by atoms with van der Waals surface area (Å²) in [5.41, 5.74) is 1.30. The molecule has 3 N–H and O–H groups in total. The quantitative estimate of drug-likeness (QED) is 0.451. The van der Waals surface area contributed by atoms with Gasteiger partial charge in [0.25, 0.3) is 11.6 Å². The average molecular weight is 306 g/mol. The highest BCUT2D eigenvalue weighted by atomic mass is 16.6. The predicted molar refractivity (Wildman–Crippen MR) is 77.0 cm³/mol. The molecule has 0 atom stereocenters. The van der Waals surface area contributed by atoms with Gasteiger partial charge in [-0.1, -0.05) is 0 Å². The summed E-state index contributed by atoms with van der Waals surface area (Å²) in [6, 6.07) is 0. The lowest BCUT2D eigenvalue weighted by molar-refractivity contribution is -0.385. The molecule has 0 aliphatic rings. The summed E-state index contributed by atoms with van der Waals surface area (Å²) in [6.07, 6.45) is 2.61. The van der Waals surface area contributed by atoms with Crippen LogP contribution in [0, 0.1) is 24.0 Å². The Morgan fingerprint density at radius 1 is 1.18 bits per heavy atom. The van der Waals surface area contributed by atoms with Gasteiger partial charge in [-0.05, 0) is 13.8 Å². The van der Waals surface area contributed by atoms with Gasteiger partial charge in [-0.2, -0.15) is 0 Å². The third kappa shape index (κ3) is 2.55. The third-order valence-corrected chi connectivity index (χ3v) is 3.31. The summed E-state index contributed by atoms with van der Waals surface area (Å²) in [6.45, 7) is 3.12. The fourth-order valence-electron chi connectivity index (χ4n) is 2.03. The van der Waals surface area contributed by atoms with Crippen LogP contribution in [0.3, 0.4) is 0 Å². The zero-order valence-corrected chi connectivity index (χ0v) is 12.1. The number of aromatic nitrogens is 2. The molecular formula is C13H14N4O5. The van der Waals surface area contributed by atoms with E-state index in [-0.39, 0.29) is 22.6 Å². The van der Waals surface area contributed by atoms with E-state index >= 15 is 0 Å². The van der Waals surface area contributed by atoms with Crippen molar-refractivity contribution >= 4 is 23.3 Å². The number of carbonyl (C=O) groups excluding carboxylic acids is 2. The van der Waals surface area contributed by atoms with Crippen molar-refractivity contribution in [3.8, 4) is 0 Å². The largest absolute Gasteiger partial charge is 0.464 e. The number of esters is 1. The molecule has 0 aliphatic heterocycles. The molecule has 9 heteroatoms. The summed E-state index contributed by atoms with van der Waals surface area (Å²) in [7, 11) is 1.25. The Bertz CT molecular complexity index is 759. The first-order valence-corrected chi connectivity index (χ1v) is 6.26. The number of amides is 1. The zero-order chi connectivity index (χ0) is 16.4. The molecule has 0 aliphatic carbocycles. The predicted octanol–water partition coefficient (Wildman–Crippen LogP) is 1.91. The number of nitro groups is 1. The van der Waals surface area contributed by atoms with Crippen LogP contribution in [-0.2, 0) is 4.74 Å². The molecule has 116 valence electrons. The van der Waals surface area contributed by atoms with Crippen molar-refractivity contribution in [1.82, 2.24) is 9.97 Å². The van der Waals surface area contributed by atoms with Gasteiger partial charge in [-0.15, -0.1) is 0 Å². The molecule has 2 heterocycles. The highest BCUT2D eigenvalue weighted by Crippen LogP contribution is 2.23. The number of methoxy groups -OCH3 is 1. The number of carbonyl (C=O) groups is 2. The lowest BCUT2D eigenvalue weighted by Gasteiger charge is -2.04. The first-order valence-electron chi connectivity index (χ1n) is 6.26. The molecular weight excluding hydrogens is 292 g/mol. The van der Waals surface area contributed by atoms with Crippen molar-refractivity contribution in [1.29, 1.82) is 0 Å². The maximum absolute atomic E-state index is 12.2. The second-order valence-corrected chi connectivity index (χ2v) is 4.58. The van der Waals surface area contributed by atoms with E-state index in [4.69, 9.17) is 0 Å². The van der Waals surface area contributed by atoms with Crippen LogP contribution in [0.15, 0.2) is 12.4 Å². The Kier molecular flexibility index (Phi) is 3.97. The first kappa shape index (κ1) is 15.3. The summed E-state index contributed by atoms with van der Waals surface area (Å²) in [5, 5.41) is 13.4. The number of nitrogens with one attached hydrogen (secondary N) is 3. The minimum Gasteiger partial charge on any atom is -0.464 e. The summed E-state index contributed by atoms with van der Waals surface area (Å²) < 4.78 is 4.60. The number of hydrogen-bond acceptors (Lipinski definition) is 5. The number of hydrogen-bond donors (Lipinski definition) is 3. The Morgan fingerprint density at radius 2 is 1.82 bits per heavy atom. The minimum atomic E-state index is -0.570. The monoisotopic (exact) mass is 306 g/mol. The van der Waals surface area contributed by atoms with Gasteiger partial charge in [0.2, 0.25) is 0 Å². The van der Waals surface area contributed by atoms with Gasteiger partial charge < -0.3 is 20.0 Å². The molecule has 0 saturated heterocycles.